The SMILES string of the molecule is CCCOc1ccc(/C=C/C(=O)NC2CCCC2)cc1[N+](=O)[O-]. The summed E-state index contributed by atoms with van der Waals surface area (Å²) in [7, 11) is 0. The first-order valence-electron chi connectivity index (χ1n) is 8.00. The van der Waals surface area contributed by atoms with Crippen molar-refractivity contribution in [1.82, 2.24) is 5.32 Å². The van der Waals surface area contributed by atoms with Crippen molar-refractivity contribution in [3.63, 3.8) is 0 Å². The minimum absolute atomic E-state index is 0.0863. The number of rotatable bonds is 7. The molecule has 6 nitrogen and oxygen atoms in total. The van der Waals surface area contributed by atoms with Crippen molar-refractivity contribution in [3.05, 3.63) is 40.0 Å². The number of nitrogens with zero attached hydrogens (tertiary/aromatic N) is 1. The number of carbonyl (C=O) groups excluding carboxylic acids is 1. The summed E-state index contributed by atoms with van der Waals surface area (Å²) < 4.78 is 5.37. The average Bonchev–Trinajstić information content (AvgIpc) is 3.04. The Morgan fingerprint density at radius 2 is 2.17 bits per heavy atom. The Kier molecular flexibility index (Phi) is 6.14. The molecule has 1 aromatic carbocycles. The molecule has 1 aliphatic carbocycles. The molecule has 0 aromatic heterocycles. The molecule has 0 saturated heterocycles. The summed E-state index contributed by atoms with van der Waals surface area (Å²) in [5.41, 5.74) is 0.513. The third kappa shape index (κ3) is 5.09. The Labute approximate surface area is 135 Å². The first-order chi connectivity index (χ1) is 11.1. The molecule has 1 fully saturated rings. The third-order valence-electron chi connectivity index (χ3n) is 3.77. The van der Waals surface area contributed by atoms with E-state index in [0.29, 0.717) is 12.2 Å². The van der Waals surface area contributed by atoms with Gasteiger partial charge in [0.2, 0.25) is 5.91 Å². The molecule has 2 rings (SSSR count). The van der Waals surface area contributed by atoms with Crippen molar-refractivity contribution in [2.24, 2.45) is 0 Å². The highest BCUT2D eigenvalue weighted by molar-refractivity contribution is 5.92. The Morgan fingerprint density at radius 1 is 1.43 bits per heavy atom. The Balaban J connectivity index is 2.03. The summed E-state index contributed by atoms with van der Waals surface area (Å²) >= 11 is 0. The molecule has 0 unspecified atom stereocenters. The number of nitro groups is 1. The Morgan fingerprint density at radius 3 is 2.83 bits per heavy atom. The second-order valence-corrected chi connectivity index (χ2v) is 5.66. The molecule has 1 aliphatic rings. The van der Waals surface area contributed by atoms with Gasteiger partial charge in [0, 0.05) is 18.2 Å². The molecule has 0 atom stereocenters. The van der Waals surface area contributed by atoms with Crippen LogP contribution in [0.1, 0.15) is 44.6 Å². The van der Waals surface area contributed by atoms with Gasteiger partial charge in [0.1, 0.15) is 0 Å². The van der Waals surface area contributed by atoms with Gasteiger partial charge in [0.25, 0.3) is 0 Å². The van der Waals surface area contributed by atoms with Crippen molar-refractivity contribution in [2.45, 2.75) is 45.1 Å². The molecule has 0 heterocycles. The van der Waals surface area contributed by atoms with E-state index in [1.807, 2.05) is 6.92 Å². The van der Waals surface area contributed by atoms with Crippen molar-refractivity contribution in [1.29, 1.82) is 0 Å². The lowest BCUT2D eigenvalue weighted by molar-refractivity contribution is -0.385. The van der Waals surface area contributed by atoms with Crippen molar-refractivity contribution in [3.8, 4) is 5.75 Å². The van der Waals surface area contributed by atoms with Crippen LogP contribution in [0.3, 0.4) is 0 Å². The Hall–Kier alpha value is -2.37. The highest BCUT2D eigenvalue weighted by atomic mass is 16.6. The van der Waals surface area contributed by atoms with Gasteiger partial charge in [0.05, 0.1) is 11.5 Å². The van der Waals surface area contributed by atoms with E-state index < -0.39 is 4.92 Å². The minimum Gasteiger partial charge on any atom is -0.487 e. The number of hydrogen-bond acceptors (Lipinski definition) is 4. The maximum Gasteiger partial charge on any atom is 0.311 e. The van der Waals surface area contributed by atoms with Crippen LogP contribution in [-0.4, -0.2) is 23.5 Å². The molecular weight excluding hydrogens is 296 g/mol. The fraction of sp³-hybridized carbons (Fsp3) is 0.471. The molecular formula is C17H22N2O4. The van der Waals surface area contributed by atoms with Gasteiger partial charge in [0.15, 0.2) is 5.75 Å². The average molecular weight is 318 g/mol. The van der Waals surface area contributed by atoms with Crippen LogP contribution >= 0.6 is 0 Å². The number of nitrogens with one attached hydrogen (secondary N) is 1. The van der Waals surface area contributed by atoms with Crippen LogP contribution in [0.25, 0.3) is 6.08 Å². The fourth-order valence-corrected chi connectivity index (χ4v) is 2.61. The number of ether oxygens (including phenoxy) is 1. The molecule has 23 heavy (non-hydrogen) atoms. The molecule has 6 heteroatoms. The largest absolute Gasteiger partial charge is 0.487 e. The monoisotopic (exact) mass is 318 g/mol. The second-order valence-electron chi connectivity index (χ2n) is 5.66. The molecule has 0 bridgehead atoms. The number of benzene rings is 1. The van der Waals surface area contributed by atoms with Crippen molar-refractivity contribution < 1.29 is 14.5 Å². The van der Waals surface area contributed by atoms with Crippen LogP contribution < -0.4 is 10.1 Å². The van der Waals surface area contributed by atoms with E-state index in [9.17, 15) is 14.9 Å². The predicted molar refractivity (Wildman–Crippen MR) is 88.3 cm³/mol. The van der Waals surface area contributed by atoms with Crippen LogP contribution in [0.2, 0.25) is 0 Å². The predicted octanol–water partition coefficient (Wildman–Crippen LogP) is 3.46. The highest BCUT2D eigenvalue weighted by Gasteiger charge is 2.17. The van der Waals surface area contributed by atoms with E-state index in [4.69, 9.17) is 4.74 Å². The van der Waals surface area contributed by atoms with Crippen LogP contribution in [-0.2, 0) is 4.79 Å². The summed E-state index contributed by atoms with van der Waals surface area (Å²) in [4.78, 5) is 22.5. The van der Waals surface area contributed by atoms with E-state index in [2.05, 4.69) is 5.32 Å². The molecule has 0 spiro atoms. The summed E-state index contributed by atoms with van der Waals surface area (Å²) in [6.07, 6.45) is 8.13. The minimum atomic E-state index is -0.471. The quantitative estimate of drug-likeness (QED) is 0.474. The Bertz CT molecular complexity index is 592. The smallest absolute Gasteiger partial charge is 0.311 e. The normalized spacial score (nSPS) is 15.0. The van der Waals surface area contributed by atoms with Crippen molar-refractivity contribution in [2.75, 3.05) is 6.61 Å². The number of amides is 1. The zero-order valence-electron chi connectivity index (χ0n) is 13.3. The molecule has 0 radical (unpaired) electrons. The van der Waals surface area contributed by atoms with Gasteiger partial charge in [-0.15, -0.1) is 0 Å². The van der Waals surface area contributed by atoms with E-state index in [1.165, 1.54) is 12.1 Å². The highest BCUT2D eigenvalue weighted by Crippen LogP contribution is 2.28. The zero-order valence-corrected chi connectivity index (χ0v) is 13.3. The maximum atomic E-state index is 11.8. The van der Waals surface area contributed by atoms with Gasteiger partial charge in [-0.25, -0.2) is 0 Å². The van der Waals surface area contributed by atoms with Crippen LogP contribution in [0, 0.1) is 10.1 Å². The van der Waals surface area contributed by atoms with E-state index in [1.54, 1.807) is 18.2 Å². The summed E-state index contributed by atoms with van der Waals surface area (Å²) in [5, 5.41) is 14.1. The maximum absolute atomic E-state index is 11.8. The molecule has 1 aromatic rings. The number of carbonyl (C=O) groups is 1. The standard InChI is InChI=1S/C17H22N2O4/c1-2-11-23-16-9-7-13(12-15(16)19(21)22)8-10-17(20)18-14-5-3-4-6-14/h7-10,12,14H,2-6,11H2,1H3,(H,18,20)/b10-8+. The fourth-order valence-electron chi connectivity index (χ4n) is 2.61. The number of nitro benzene ring substituents is 1. The van der Waals surface area contributed by atoms with Crippen LogP contribution in [0.5, 0.6) is 5.75 Å². The summed E-state index contributed by atoms with van der Waals surface area (Å²) in [5.74, 6) is 0.0928. The first kappa shape index (κ1) is 17.0. The van der Waals surface area contributed by atoms with Gasteiger partial charge in [-0.05, 0) is 37.0 Å². The van der Waals surface area contributed by atoms with E-state index in [-0.39, 0.29) is 23.4 Å². The van der Waals surface area contributed by atoms with E-state index in [0.717, 1.165) is 32.1 Å². The molecule has 1 N–H and O–H groups in total. The first-order valence-corrected chi connectivity index (χ1v) is 8.00. The van der Waals surface area contributed by atoms with Crippen LogP contribution in [0.15, 0.2) is 24.3 Å². The van der Waals surface area contributed by atoms with Gasteiger partial charge < -0.3 is 10.1 Å². The topological polar surface area (TPSA) is 81.5 Å². The van der Waals surface area contributed by atoms with Crippen LogP contribution in [0.4, 0.5) is 5.69 Å². The molecule has 124 valence electrons. The summed E-state index contributed by atoms with van der Waals surface area (Å²) in [6, 6.07) is 4.95. The van der Waals surface area contributed by atoms with E-state index >= 15 is 0 Å². The zero-order chi connectivity index (χ0) is 16.7. The van der Waals surface area contributed by atoms with Gasteiger partial charge in [-0.1, -0.05) is 25.8 Å². The van der Waals surface area contributed by atoms with Gasteiger partial charge >= 0.3 is 5.69 Å². The van der Waals surface area contributed by atoms with Gasteiger partial charge in [-0.2, -0.15) is 0 Å². The molecule has 0 aliphatic heterocycles. The molecule has 1 saturated carbocycles. The van der Waals surface area contributed by atoms with Crippen molar-refractivity contribution >= 4 is 17.7 Å². The lowest BCUT2D eigenvalue weighted by Crippen LogP contribution is -2.30. The second kappa shape index (κ2) is 8.31. The third-order valence-corrected chi connectivity index (χ3v) is 3.77. The van der Waals surface area contributed by atoms with Gasteiger partial charge in [-0.3, -0.25) is 14.9 Å². The number of hydrogen-bond donors (Lipinski definition) is 1. The lowest BCUT2D eigenvalue weighted by atomic mass is 10.1. The lowest BCUT2D eigenvalue weighted by Gasteiger charge is -2.09. The summed E-state index contributed by atoms with van der Waals surface area (Å²) in [6.45, 7) is 2.37. The molecule has 1 amide bonds.